The van der Waals surface area contributed by atoms with Crippen LogP contribution in [0.1, 0.15) is 13.8 Å². The summed E-state index contributed by atoms with van der Waals surface area (Å²) in [6.07, 6.45) is 0. The number of hydrogen-bond donors (Lipinski definition) is 0. The van der Waals surface area contributed by atoms with Crippen molar-refractivity contribution in [3.05, 3.63) is 0 Å². The van der Waals surface area contributed by atoms with Crippen LogP contribution in [0.2, 0.25) is 12.6 Å². The first-order valence-electron chi connectivity index (χ1n) is 4.15. The highest BCUT2D eigenvalue weighted by Crippen LogP contribution is 2.25. The maximum Gasteiger partial charge on any atom is 0.223 e. The Balaban J connectivity index is 3.79. The molecule has 0 bridgehead atoms. The summed E-state index contributed by atoms with van der Waals surface area (Å²) in [7, 11) is -0.0277. The average Bonchev–Trinajstić information content (AvgIpc) is 1.88. The van der Waals surface area contributed by atoms with Crippen molar-refractivity contribution in [1.29, 1.82) is 0 Å². The van der Waals surface area contributed by atoms with Crippen molar-refractivity contribution >= 4 is 25.4 Å². The molecule has 11 heavy (non-hydrogen) atoms. The number of ether oxygens (including phenoxy) is 2. The van der Waals surface area contributed by atoms with Crippen molar-refractivity contribution < 1.29 is 9.47 Å². The largest absolute Gasteiger partial charge is 0.341 e. The standard InChI is InChI=1S/C7H17BrO2Si/c1-4-9-7(8,6-11-3)10-5-2/h4-6,11H2,1-3H3. The average molecular weight is 241 g/mol. The SMILES string of the molecule is CCOC(Br)(C[SiH2]C)OCC. The number of hydrogen-bond acceptors (Lipinski definition) is 2. The zero-order chi connectivity index (χ0) is 8.74. The lowest BCUT2D eigenvalue weighted by molar-refractivity contribution is -0.146. The minimum atomic E-state index is -0.475. The molecule has 0 aromatic rings. The monoisotopic (exact) mass is 240 g/mol. The van der Waals surface area contributed by atoms with E-state index in [2.05, 4.69) is 22.5 Å². The third-order valence-electron chi connectivity index (χ3n) is 1.27. The molecule has 0 aliphatic rings. The van der Waals surface area contributed by atoms with Crippen molar-refractivity contribution in [1.82, 2.24) is 0 Å². The van der Waals surface area contributed by atoms with Crippen molar-refractivity contribution in [3.63, 3.8) is 0 Å². The molecular weight excluding hydrogens is 224 g/mol. The molecule has 68 valence electrons. The maximum absolute atomic E-state index is 5.44. The van der Waals surface area contributed by atoms with Crippen LogP contribution in [0.5, 0.6) is 0 Å². The Labute approximate surface area is 79.6 Å². The molecule has 0 aliphatic heterocycles. The zero-order valence-electron chi connectivity index (χ0n) is 7.52. The van der Waals surface area contributed by atoms with Gasteiger partial charge >= 0.3 is 0 Å². The molecule has 0 saturated carbocycles. The van der Waals surface area contributed by atoms with Gasteiger partial charge in [0.1, 0.15) is 0 Å². The number of rotatable bonds is 6. The fourth-order valence-electron chi connectivity index (χ4n) is 0.916. The van der Waals surface area contributed by atoms with Crippen LogP contribution in [0.15, 0.2) is 0 Å². The van der Waals surface area contributed by atoms with E-state index in [4.69, 9.17) is 9.47 Å². The van der Waals surface area contributed by atoms with E-state index in [1.807, 2.05) is 13.8 Å². The highest BCUT2D eigenvalue weighted by atomic mass is 79.9. The molecule has 0 unspecified atom stereocenters. The summed E-state index contributed by atoms with van der Waals surface area (Å²) >= 11 is 3.46. The van der Waals surface area contributed by atoms with Crippen molar-refractivity contribution in [3.8, 4) is 0 Å². The fourth-order valence-corrected chi connectivity index (χ4v) is 3.45. The molecule has 0 aromatic heterocycles. The van der Waals surface area contributed by atoms with Crippen LogP contribution in [0, 0.1) is 0 Å². The molecule has 2 nitrogen and oxygen atoms in total. The van der Waals surface area contributed by atoms with E-state index >= 15 is 0 Å². The Kier molecular flexibility index (Phi) is 6.51. The first-order chi connectivity index (χ1) is 5.18. The lowest BCUT2D eigenvalue weighted by atomic mass is 10.7. The molecule has 0 heterocycles. The minimum Gasteiger partial charge on any atom is -0.341 e. The Hall–Kier alpha value is 0.617. The van der Waals surface area contributed by atoms with Gasteiger partial charge in [0.2, 0.25) is 4.70 Å². The van der Waals surface area contributed by atoms with E-state index in [0.29, 0.717) is 13.2 Å². The van der Waals surface area contributed by atoms with E-state index in [-0.39, 0.29) is 9.52 Å². The molecule has 0 aromatic carbocycles. The van der Waals surface area contributed by atoms with Gasteiger partial charge in [0.05, 0.1) is 0 Å². The van der Waals surface area contributed by atoms with E-state index in [1.54, 1.807) is 0 Å². The third kappa shape index (κ3) is 4.95. The summed E-state index contributed by atoms with van der Waals surface area (Å²) in [5.41, 5.74) is 0. The predicted octanol–water partition coefficient (Wildman–Crippen LogP) is 1.74. The summed E-state index contributed by atoms with van der Waals surface area (Å²) in [4.78, 5) is 0. The van der Waals surface area contributed by atoms with Gasteiger partial charge in [-0.25, -0.2) is 0 Å². The van der Waals surface area contributed by atoms with Gasteiger partial charge in [0, 0.05) is 28.8 Å². The Morgan fingerprint density at radius 3 is 2.00 bits per heavy atom. The molecule has 0 atom stereocenters. The summed E-state index contributed by atoms with van der Waals surface area (Å²) in [5, 5.41) is 0. The molecule has 0 spiro atoms. The predicted molar refractivity (Wildman–Crippen MR) is 54.1 cm³/mol. The molecular formula is C7H17BrO2Si. The second-order valence-electron chi connectivity index (χ2n) is 2.28. The van der Waals surface area contributed by atoms with Gasteiger partial charge in [-0.15, -0.1) is 0 Å². The highest BCUT2D eigenvalue weighted by molar-refractivity contribution is 9.10. The van der Waals surface area contributed by atoms with E-state index < -0.39 is 4.70 Å². The molecule has 0 aliphatic carbocycles. The highest BCUT2D eigenvalue weighted by Gasteiger charge is 2.25. The Morgan fingerprint density at radius 1 is 1.27 bits per heavy atom. The van der Waals surface area contributed by atoms with Crippen LogP contribution in [-0.4, -0.2) is 27.4 Å². The first-order valence-corrected chi connectivity index (χ1v) is 7.36. The van der Waals surface area contributed by atoms with Gasteiger partial charge in [0.25, 0.3) is 0 Å². The molecule has 0 fully saturated rings. The van der Waals surface area contributed by atoms with Crippen molar-refractivity contribution in [2.24, 2.45) is 0 Å². The van der Waals surface area contributed by atoms with Crippen LogP contribution in [0.3, 0.4) is 0 Å². The summed E-state index contributed by atoms with van der Waals surface area (Å²) in [6, 6.07) is 1.02. The van der Waals surface area contributed by atoms with Gasteiger partial charge in [-0.1, -0.05) is 6.55 Å². The van der Waals surface area contributed by atoms with Gasteiger partial charge < -0.3 is 9.47 Å². The first kappa shape index (κ1) is 11.6. The quantitative estimate of drug-likeness (QED) is 0.400. The third-order valence-corrected chi connectivity index (χ3v) is 4.01. The summed E-state index contributed by atoms with van der Waals surface area (Å²) < 4.78 is 10.4. The number of alkyl halides is 1. The van der Waals surface area contributed by atoms with Gasteiger partial charge in [-0.05, 0) is 29.8 Å². The van der Waals surface area contributed by atoms with Crippen LogP contribution in [0.25, 0.3) is 0 Å². The number of halogens is 1. The van der Waals surface area contributed by atoms with Crippen LogP contribution >= 0.6 is 15.9 Å². The Morgan fingerprint density at radius 2 is 1.73 bits per heavy atom. The van der Waals surface area contributed by atoms with Crippen molar-refractivity contribution in [2.45, 2.75) is 31.1 Å². The fraction of sp³-hybridized carbons (Fsp3) is 1.00. The lowest BCUT2D eigenvalue weighted by Gasteiger charge is -2.26. The molecule has 0 radical (unpaired) electrons. The Bertz CT molecular complexity index is 83.4. The molecule has 0 rings (SSSR count). The van der Waals surface area contributed by atoms with Crippen LogP contribution < -0.4 is 0 Å². The summed E-state index contributed by atoms with van der Waals surface area (Å²) in [6.45, 7) is 7.59. The van der Waals surface area contributed by atoms with Gasteiger partial charge in [-0.2, -0.15) is 0 Å². The van der Waals surface area contributed by atoms with Crippen LogP contribution in [-0.2, 0) is 9.47 Å². The minimum absolute atomic E-state index is 0.0277. The molecule has 0 saturated heterocycles. The lowest BCUT2D eigenvalue weighted by Crippen LogP contribution is -2.29. The second-order valence-corrected chi connectivity index (χ2v) is 4.98. The topological polar surface area (TPSA) is 18.5 Å². The second kappa shape index (κ2) is 6.17. The molecule has 0 N–H and O–H groups in total. The normalized spacial score (nSPS) is 13.1. The van der Waals surface area contributed by atoms with Crippen LogP contribution in [0.4, 0.5) is 0 Å². The van der Waals surface area contributed by atoms with E-state index in [1.165, 1.54) is 0 Å². The molecule has 0 amide bonds. The van der Waals surface area contributed by atoms with Gasteiger partial charge in [-0.3, -0.25) is 0 Å². The van der Waals surface area contributed by atoms with Gasteiger partial charge in [0.15, 0.2) is 0 Å². The summed E-state index contributed by atoms with van der Waals surface area (Å²) in [5.74, 6) is 0. The molecule has 4 heteroatoms. The zero-order valence-corrected chi connectivity index (χ0v) is 10.5. The van der Waals surface area contributed by atoms with E-state index in [0.717, 1.165) is 6.04 Å². The van der Waals surface area contributed by atoms with Crippen molar-refractivity contribution in [2.75, 3.05) is 13.2 Å². The smallest absolute Gasteiger partial charge is 0.223 e. The van der Waals surface area contributed by atoms with E-state index in [9.17, 15) is 0 Å². The maximum atomic E-state index is 5.44.